The predicted octanol–water partition coefficient (Wildman–Crippen LogP) is 2.04. The highest BCUT2D eigenvalue weighted by Crippen LogP contribution is 2.16. The summed E-state index contributed by atoms with van der Waals surface area (Å²) in [6, 6.07) is 14.2. The van der Waals surface area contributed by atoms with Crippen molar-refractivity contribution in [2.24, 2.45) is 0 Å². The maximum Gasteiger partial charge on any atom is 0.246 e. The van der Waals surface area contributed by atoms with E-state index >= 15 is 0 Å². The number of benzene rings is 2. The maximum atomic E-state index is 12.2. The molecule has 0 unspecified atom stereocenters. The molecule has 2 aromatic carbocycles. The number of methoxy groups -OCH3 is 1. The lowest BCUT2D eigenvalue weighted by Crippen LogP contribution is -2.22. The van der Waals surface area contributed by atoms with E-state index in [1.54, 1.807) is 55.6 Å². The Balaban J connectivity index is 1.83. The number of rotatable bonds is 4. The van der Waals surface area contributed by atoms with Crippen LogP contribution in [0.2, 0.25) is 0 Å². The Hall–Kier alpha value is -3.15. The largest absolute Gasteiger partial charge is 0.497 e. The van der Waals surface area contributed by atoms with Gasteiger partial charge in [0.05, 0.1) is 18.8 Å². The number of fused-ring (bicyclic) bond motifs is 1. The molecule has 23 heavy (non-hydrogen) atoms. The van der Waals surface area contributed by atoms with E-state index in [0.29, 0.717) is 22.3 Å². The molecule has 0 fully saturated rings. The van der Waals surface area contributed by atoms with E-state index in [1.165, 1.54) is 10.9 Å². The van der Waals surface area contributed by atoms with Gasteiger partial charge in [0.2, 0.25) is 11.3 Å². The van der Waals surface area contributed by atoms with Gasteiger partial charge >= 0.3 is 0 Å². The van der Waals surface area contributed by atoms with Crippen LogP contribution in [0.1, 0.15) is 0 Å². The highest BCUT2D eigenvalue weighted by Gasteiger charge is 2.08. The number of ether oxygens (including phenoxy) is 1. The van der Waals surface area contributed by atoms with Crippen molar-refractivity contribution >= 4 is 22.5 Å². The summed E-state index contributed by atoms with van der Waals surface area (Å²) in [7, 11) is 1.57. The van der Waals surface area contributed by atoms with Gasteiger partial charge in [-0.1, -0.05) is 18.2 Å². The number of hydrogen-bond acceptors (Lipinski definition) is 4. The normalized spacial score (nSPS) is 10.5. The third kappa shape index (κ3) is 3.21. The van der Waals surface area contributed by atoms with Gasteiger partial charge in [-0.25, -0.2) is 0 Å². The first kappa shape index (κ1) is 14.8. The molecule has 116 valence electrons. The molecule has 0 bridgehead atoms. The average Bonchev–Trinajstić information content (AvgIpc) is 2.58. The first-order valence-electron chi connectivity index (χ1n) is 7.06. The molecular formula is C17H15N3O3. The smallest absolute Gasteiger partial charge is 0.246 e. The average molecular weight is 309 g/mol. The number of para-hydroxylation sites is 1. The van der Waals surface area contributed by atoms with Crippen molar-refractivity contribution in [1.29, 1.82) is 0 Å². The van der Waals surface area contributed by atoms with Gasteiger partial charge in [-0.3, -0.25) is 14.3 Å². The molecule has 1 heterocycles. The van der Waals surface area contributed by atoms with Gasteiger partial charge in [0.1, 0.15) is 12.3 Å². The Morgan fingerprint density at radius 3 is 2.87 bits per heavy atom. The van der Waals surface area contributed by atoms with Gasteiger partial charge in [0.15, 0.2) is 0 Å². The fourth-order valence-electron chi connectivity index (χ4n) is 2.32. The van der Waals surface area contributed by atoms with E-state index in [1.807, 2.05) is 0 Å². The van der Waals surface area contributed by atoms with Gasteiger partial charge in [0.25, 0.3) is 0 Å². The third-order valence-corrected chi connectivity index (χ3v) is 3.41. The monoisotopic (exact) mass is 309 g/mol. The molecular weight excluding hydrogens is 294 g/mol. The Morgan fingerprint density at radius 2 is 2.04 bits per heavy atom. The van der Waals surface area contributed by atoms with E-state index in [2.05, 4.69) is 10.4 Å². The number of carbonyl (C=O) groups is 1. The van der Waals surface area contributed by atoms with Crippen molar-refractivity contribution in [2.45, 2.75) is 6.54 Å². The Morgan fingerprint density at radius 1 is 1.22 bits per heavy atom. The lowest BCUT2D eigenvalue weighted by molar-refractivity contribution is -0.116. The van der Waals surface area contributed by atoms with E-state index in [-0.39, 0.29) is 17.9 Å². The number of aromatic nitrogens is 2. The zero-order valence-electron chi connectivity index (χ0n) is 12.5. The number of nitrogens with one attached hydrogen (secondary N) is 1. The molecule has 0 aliphatic carbocycles. The topological polar surface area (TPSA) is 73.2 Å². The fraction of sp³-hybridized carbons (Fsp3) is 0.118. The molecule has 1 aromatic heterocycles. The van der Waals surface area contributed by atoms with Crippen molar-refractivity contribution in [3.05, 3.63) is 65.0 Å². The van der Waals surface area contributed by atoms with Gasteiger partial charge in [0, 0.05) is 17.1 Å². The zero-order valence-corrected chi connectivity index (χ0v) is 12.5. The van der Waals surface area contributed by atoms with Crippen LogP contribution in [-0.2, 0) is 11.3 Å². The van der Waals surface area contributed by atoms with E-state index in [4.69, 9.17) is 4.74 Å². The van der Waals surface area contributed by atoms with Gasteiger partial charge in [-0.15, -0.1) is 0 Å². The summed E-state index contributed by atoms with van der Waals surface area (Å²) in [6.07, 6.45) is 1.22. The molecule has 3 rings (SSSR count). The Labute approximate surface area is 132 Å². The fourth-order valence-corrected chi connectivity index (χ4v) is 2.32. The highest BCUT2D eigenvalue weighted by molar-refractivity contribution is 5.91. The summed E-state index contributed by atoms with van der Waals surface area (Å²) in [5.74, 6) is 0.425. The summed E-state index contributed by atoms with van der Waals surface area (Å²) in [5.41, 5.74) is 1.10. The second kappa shape index (κ2) is 6.31. The minimum absolute atomic E-state index is 0.0119. The summed E-state index contributed by atoms with van der Waals surface area (Å²) in [6.45, 7) is 0.0119. The van der Waals surface area contributed by atoms with Gasteiger partial charge in [-0.2, -0.15) is 5.10 Å². The SMILES string of the molecule is COc1cccc(NC(=O)Cn2ncc(=O)c3ccccc32)c1. The van der Waals surface area contributed by atoms with Gasteiger partial charge in [-0.05, 0) is 24.3 Å². The molecule has 3 aromatic rings. The summed E-state index contributed by atoms with van der Waals surface area (Å²) >= 11 is 0. The molecule has 0 saturated heterocycles. The van der Waals surface area contributed by atoms with E-state index in [9.17, 15) is 9.59 Å². The number of anilines is 1. The van der Waals surface area contributed by atoms with Gasteiger partial charge < -0.3 is 10.1 Å². The van der Waals surface area contributed by atoms with E-state index in [0.717, 1.165) is 0 Å². The second-order valence-electron chi connectivity index (χ2n) is 4.96. The number of amides is 1. The molecule has 6 heteroatoms. The molecule has 0 radical (unpaired) electrons. The lowest BCUT2D eigenvalue weighted by Gasteiger charge is -2.10. The van der Waals surface area contributed by atoms with Crippen LogP contribution >= 0.6 is 0 Å². The van der Waals surface area contributed by atoms with E-state index < -0.39 is 0 Å². The van der Waals surface area contributed by atoms with Crippen LogP contribution in [0, 0.1) is 0 Å². The second-order valence-corrected chi connectivity index (χ2v) is 4.96. The standard InChI is InChI=1S/C17H15N3O3/c1-23-13-6-4-5-12(9-13)19-17(22)11-20-15-8-3-2-7-14(15)16(21)10-18-20/h2-10H,11H2,1H3,(H,19,22). The molecule has 6 nitrogen and oxygen atoms in total. The first-order valence-corrected chi connectivity index (χ1v) is 7.06. The van der Waals surface area contributed by atoms with Crippen LogP contribution < -0.4 is 15.5 Å². The third-order valence-electron chi connectivity index (χ3n) is 3.41. The number of carbonyl (C=O) groups excluding carboxylic acids is 1. The van der Waals surface area contributed by atoms with Crippen LogP contribution in [0.15, 0.2) is 59.5 Å². The van der Waals surface area contributed by atoms with Crippen LogP contribution in [-0.4, -0.2) is 22.8 Å². The van der Waals surface area contributed by atoms with Crippen LogP contribution in [0.25, 0.3) is 10.9 Å². The minimum Gasteiger partial charge on any atom is -0.497 e. The predicted molar refractivity (Wildman–Crippen MR) is 87.6 cm³/mol. The van der Waals surface area contributed by atoms with Crippen molar-refractivity contribution in [3.8, 4) is 5.75 Å². The van der Waals surface area contributed by atoms with Crippen LogP contribution in [0.4, 0.5) is 5.69 Å². The molecule has 0 atom stereocenters. The zero-order chi connectivity index (χ0) is 16.2. The minimum atomic E-state index is -0.237. The molecule has 0 saturated carbocycles. The Kier molecular flexibility index (Phi) is 4.05. The molecule has 0 spiro atoms. The molecule has 1 N–H and O–H groups in total. The van der Waals surface area contributed by atoms with Crippen molar-refractivity contribution in [3.63, 3.8) is 0 Å². The first-order chi connectivity index (χ1) is 11.2. The van der Waals surface area contributed by atoms with Crippen LogP contribution in [0.5, 0.6) is 5.75 Å². The summed E-state index contributed by atoms with van der Waals surface area (Å²) in [4.78, 5) is 24.0. The number of nitrogens with zero attached hydrogens (tertiary/aromatic N) is 2. The Bertz CT molecular complexity index is 918. The quantitative estimate of drug-likeness (QED) is 0.800. The number of hydrogen-bond donors (Lipinski definition) is 1. The van der Waals surface area contributed by atoms with Crippen molar-refractivity contribution < 1.29 is 9.53 Å². The highest BCUT2D eigenvalue weighted by atomic mass is 16.5. The lowest BCUT2D eigenvalue weighted by atomic mass is 10.2. The van der Waals surface area contributed by atoms with Crippen molar-refractivity contribution in [1.82, 2.24) is 9.78 Å². The van der Waals surface area contributed by atoms with Crippen LogP contribution in [0.3, 0.4) is 0 Å². The summed E-state index contributed by atoms with van der Waals surface area (Å²) < 4.78 is 6.63. The molecule has 0 aliphatic rings. The summed E-state index contributed by atoms with van der Waals surface area (Å²) in [5, 5.41) is 7.37. The maximum absolute atomic E-state index is 12.2. The van der Waals surface area contributed by atoms with Crippen molar-refractivity contribution in [2.75, 3.05) is 12.4 Å². The molecule has 0 aliphatic heterocycles. The molecule has 1 amide bonds.